The van der Waals surface area contributed by atoms with Crippen molar-refractivity contribution in [3.05, 3.63) is 24.4 Å². The third kappa shape index (κ3) is 6.72. The number of carboxylic acid groups (broad SMARTS) is 1. The molecular weight excluding hydrogens is 526 g/mol. The number of piperazine rings is 1. The average Bonchev–Trinajstić information content (AvgIpc) is 2.93. The highest BCUT2D eigenvalue weighted by Gasteiger charge is 2.56. The number of likely N-dealkylation sites (tertiary alicyclic amines) is 2. The van der Waals surface area contributed by atoms with Crippen LogP contribution in [0, 0.1) is 17.2 Å². The number of piperidine rings is 1. The number of nitrogens with zero attached hydrogens (tertiary/aromatic N) is 5. The number of nitrogens with two attached hydrogens (primary N) is 1. The Hall–Kier alpha value is -3.13. The molecule has 4 rings (SSSR count). The van der Waals surface area contributed by atoms with E-state index in [1.807, 2.05) is 24.4 Å². The van der Waals surface area contributed by atoms with Crippen molar-refractivity contribution < 1.29 is 27.9 Å². The Morgan fingerprint density at radius 3 is 2.46 bits per heavy atom. The van der Waals surface area contributed by atoms with Crippen LogP contribution >= 0.6 is 0 Å². The number of β-lactam (4-membered cyclic amide) rings is 1. The summed E-state index contributed by atoms with van der Waals surface area (Å²) < 4.78 is 27.0. The lowest BCUT2D eigenvalue weighted by Crippen LogP contribution is -2.70. The molecule has 4 heterocycles. The van der Waals surface area contributed by atoms with Gasteiger partial charge >= 0.3 is 12.0 Å². The Labute approximate surface area is 229 Å². The van der Waals surface area contributed by atoms with Gasteiger partial charge in [-0.3, -0.25) is 10.2 Å². The summed E-state index contributed by atoms with van der Waals surface area (Å²) in [7, 11) is -3.48. The number of aliphatic carboxylic acids is 1. The van der Waals surface area contributed by atoms with E-state index in [0.717, 1.165) is 37.3 Å². The van der Waals surface area contributed by atoms with Crippen LogP contribution in [0.15, 0.2) is 24.4 Å². The summed E-state index contributed by atoms with van der Waals surface area (Å²) in [6.45, 7) is 3.17. The minimum Gasteiger partial charge on any atom is -0.480 e. The van der Waals surface area contributed by atoms with Gasteiger partial charge in [0.1, 0.15) is 0 Å². The summed E-state index contributed by atoms with van der Waals surface area (Å²) in [6.07, 6.45) is 11.2. The Bertz CT molecular complexity index is 1120. The average molecular weight is 566 g/mol. The molecule has 4 aliphatic heterocycles. The van der Waals surface area contributed by atoms with Crippen molar-refractivity contribution in [1.29, 1.82) is 5.41 Å². The first kappa shape index (κ1) is 28.9. The fourth-order valence-corrected chi connectivity index (χ4v) is 7.37. The van der Waals surface area contributed by atoms with Gasteiger partial charge < -0.3 is 25.5 Å². The molecule has 0 bridgehead atoms. The Morgan fingerprint density at radius 2 is 1.82 bits per heavy atom. The minimum atomic E-state index is -3.48. The largest absolute Gasteiger partial charge is 0.480 e. The SMILES string of the molecule is N=C(N)N1CCCC(CC2C(=O)N(C(=O)N3CCN(S(=O)(=O)CCCCN4C=CC=CC4)CC3)C2C(=O)O)C1. The Morgan fingerprint density at radius 1 is 1.08 bits per heavy atom. The monoisotopic (exact) mass is 565 g/mol. The van der Waals surface area contributed by atoms with Crippen LogP contribution in [0.5, 0.6) is 0 Å². The molecule has 39 heavy (non-hydrogen) atoms. The van der Waals surface area contributed by atoms with Crippen LogP contribution in [0.4, 0.5) is 4.79 Å². The van der Waals surface area contributed by atoms with Gasteiger partial charge in [-0.2, -0.15) is 4.31 Å². The van der Waals surface area contributed by atoms with E-state index in [2.05, 4.69) is 4.90 Å². The Kier molecular flexibility index (Phi) is 9.15. The maximum Gasteiger partial charge on any atom is 0.327 e. The number of carbonyl (C=O) groups excluding carboxylic acids is 2. The van der Waals surface area contributed by atoms with Crippen LogP contribution in [-0.4, -0.2) is 125 Å². The zero-order chi connectivity index (χ0) is 28.2. The smallest absolute Gasteiger partial charge is 0.327 e. The van der Waals surface area contributed by atoms with Crippen LogP contribution in [0.25, 0.3) is 0 Å². The number of urea groups is 1. The number of carbonyl (C=O) groups is 3. The second-order valence-corrected chi connectivity index (χ2v) is 12.7. The summed E-state index contributed by atoms with van der Waals surface area (Å²) >= 11 is 0. The second kappa shape index (κ2) is 12.4. The summed E-state index contributed by atoms with van der Waals surface area (Å²) in [5, 5.41) is 17.5. The number of allylic oxidation sites excluding steroid dienone is 2. The van der Waals surface area contributed by atoms with E-state index in [1.54, 1.807) is 4.90 Å². The van der Waals surface area contributed by atoms with Gasteiger partial charge in [-0.1, -0.05) is 12.2 Å². The fourth-order valence-electron chi connectivity index (χ4n) is 5.82. The number of hydrogen-bond donors (Lipinski definition) is 3. The quantitative estimate of drug-likeness (QED) is 0.152. The van der Waals surface area contributed by atoms with Crippen molar-refractivity contribution in [2.45, 2.75) is 38.1 Å². The molecule has 13 nitrogen and oxygen atoms in total. The number of amides is 3. The van der Waals surface area contributed by atoms with Crippen LogP contribution in [0.1, 0.15) is 32.1 Å². The molecule has 0 aromatic rings. The predicted molar refractivity (Wildman–Crippen MR) is 144 cm³/mol. The second-order valence-electron chi connectivity index (χ2n) is 10.6. The molecule has 3 amide bonds. The molecule has 0 aromatic carbocycles. The number of rotatable bonds is 9. The van der Waals surface area contributed by atoms with Gasteiger partial charge in [-0.25, -0.2) is 22.9 Å². The number of sulfonamides is 1. The highest BCUT2D eigenvalue weighted by atomic mass is 32.2. The number of nitrogens with one attached hydrogen (secondary N) is 1. The van der Waals surface area contributed by atoms with Gasteiger partial charge in [0.25, 0.3) is 0 Å². The van der Waals surface area contributed by atoms with Gasteiger partial charge in [-0.05, 0) is 50.3 Å². The number of guanidine groups is 1. The maximum absolute atomic E-state index is 13.1. The molecule has 0 spiro atoms. The van der Waals surface area contributed by atoms with E-state index in [1.165, 1.54) is 9.21 Å². The van der Waals surface area contributed by atoms with Gasteiger partial charge in [-0.15, -0.1) is 0 Å². The van der Waals surface area contributed by atoms with Crippen molar-refractivity contribution >= 4 is 33.9 Å². The topological polar surface area (TPSA) is 172 Å². The normalized spacial score (nSPS) is 26.1. The molecule has 3 unspecified atom stereocenters. The molecule has 4 N–H and O–H groups in total. The van der Waals surface area contributed by atoms with E-state index < -0.39 is 39.9 Å². The highest BCUT2D eigenvalue weighted by Crippen LogP contribution is 2.36. The van der Waals surface area contributed by atoms with E-state index >= 15 is 0 Å². The van der Waals surface area contributed by atoms with E-state index in [0.29, 0.717) is 25.9 Å². The molecule has 3 saturated heterocycles. The zero-order valence-corrected chi connectivity index (χ0v) is 23.0. The fraction of sp³-hybridized carbons (Fsp3) is 0.680. The summed E-state index contributed by atoms with van der Waals surface area (Å²) in [4.78, 5) is 44.1. The van der Waals surface area contributed by atoms with Gasteiger partial charge in [0.2, 0.25) is 15.9 Å². The Balaban J connectivity index is 1.25. The molecule has 0 saturated carbocycles. The van der Waals surface area contributed by atoms with Crippen LogP contribution in [0.2, 0.25) is 0 Å². The number of unbranched alkanes of at least 4 members (excludes halogenated alkanes) is 1. The van der Waals surface area contributed by atoms with Crippen molar-refractivity contribution in [3.63, 3.8) is 0 Å². The van der Waals surface area contributed by atoms with E-state index in [9.17, 15) is 27.9 Å². The zero-order valence-electron chi connectivity index (χ0n) is 22.2. The summed E-state index contributed by atoms with van der Waals surface area (Å²) in [5.41, 5.74) is 5.59. The number of carboxylic acids is 1. The third-order valence-corrected chi connectivity index (χ3v) is 9.96. The lowest BCUT2D eigenvalue weighted by Gasteiger charge is -2.47. The first-order valence-electron chi connectivity index (χ1n) is 13.6. The first-order chi connectivity index (χ1) is 18.6. The lowest BCUT2D eigenvalue weighted by molar-refractivity contribution is -0.167. The molecule has 3 atom stereocenters. The van der Waals surface area contributed by atoms with Crippen LogP contribution in [-0.2, 0) is 19.6 Å². The van der Waals surface area contributed by atoms with Crippen molar-refractivity contribution in [2.75, 3.05) is 58.1 Å². The van der Waals surface area contributed by atoms with Gasteiger partial charge in [0.15, 0.2) is 12.0 Å². The van der Waals surface area contributed by atoms with Gasteiger partial charge in [0, 0.05) is 52.4 Å². The number of hydrogen-bond acceptors (Lipinski definition) is 7. The molecule has 3 fully saturated rings. The standard InChI is InChI=1S/C25H39N7O6S/c26-24(27)30-11-6-7-19(18-30)17-20-21(23(34)35)32(22(20)33)25(36)29-12-14-31(15-13-29)39(37,38)16-5-4-10-28-8-2-1-3-9-28/h1-3,8,19-21H,4-7,9-18H2,(H3,26,27)(H,34,35). The van der Waals surface area contributed by atoms with Gasteiger partial charge in [0.05, 0.1) is 11.7 Å². The molecule has 0 aromatic heterocycles. The third-order valence-electron chi connectivity index (χ3n) is 8.00. The first-order valence-corrected chi connectivity index (χ1v) is 15.2. The molecule has 14 heteroatoms. The number of imide groups is 1. The predicted octanol–water partition coefficient (Wildman–Crippen LogP) is 0.127. The van der Waals surface area contributed by atoms with E-state index in [-0.39, 0.29) is 43.8 Å². The molecule has 0 aliphatic carbocycles. The summed E-state index contributed by atoms with van der Waals surface area (Å²) in [6, 6.07) is -1.93. The molecule has 4 aliphatic rings. The molecular formula is C25H39N7O6S. The van der Waals surface area contributed by atoms with Crippen molar-refractivity contribution in [1.82, 2.24) is 23.9 Å². The molecule has 0 radical (unpaired) electrons. The van der Waals surface area contributed by atoms with Crippen molar-refractivity contribution in [2.24, 2.45) is 17.6 Å². The van der Waals surface area contributed by atoms with Crippen LogP contribution in [0.3, 0.4) is 0 Å². The maximum atomic E-state index is 13.1. The summed E-state index contributed by atoms with van der Waals surface area (Å²) in [5.74, 6) is -2.55. The highest BCUT2D eigenvalue weighted by molar-refractivity contribution is 7.89. The van der Waals surface area contributed by atoms with Crippen LogP contribution < -0.4 is 5.73 Å². The van der Waals surface area contributed by atoms with E-state index in [4.69, 9.17) is 11.1 Å². The lowest BCUT2D eigenvalue weighted by atomic mass is 9.78. The minimum absolute atomic E-state index is 0.0117. The molecule has 216 valence electrons. The van der Waals surface area contributed by atoms with Crippen molar-refractivity contribution in [3.8, 4) is 0 Å².